The van der Waals surface area contributed by atoms with Crippen LogP contribution in [0.3, 0.4) is 0 Å². The van der Waals surface area contributed by atoms with Crippen LogP contribution in [0.4, 0.5) is 0 Å². The predicted molar refractivity (Wildman–Crippen MR) is 73.8 cm³/mol. The van der Waals surface area contributed by atoms with Crippen LogP contribution < -0.4 is 0 Å². The Labute approximate surface area is 107 Å². The van der Waals surface area contributed by atoms with Crippen molar-refractivity contribution in [1.82, 2.24) is 0 Å². The summed E-state index contributed by atoms with van der Waals surface area (Å²) in [7, 11) is 0. The van der Waals surface area contributed by atoms with Crippen LogP contribution in [0.2, 0.25) is 0 Å². The molecular formula is C16H15NO. The lowest BCUT2D eigenvalue weighted by molar-refractivity contribution is 0.341. The number of nitrogens with zero attached hydrogens (tertiary/aromatic N) is 1. The van der Waals surface area contributed by atoms with Gasteiger partial charge >= 0.3 is 0 Å². The van der Waals surface area contributed by atoms with Gasteiger partial charge in [-0.25, -0.2) is 0 Å². The van der Waals surface area contributed by atoms with Crippen LogP contribution in [-0.4, -0.2) is 19.0 Å². The lowest BCUT2D eigenvalue weighted by atomic mass is 10.0. The first-order valence-corrected chi connectivity index (χ1v) is 6.22. The number of ether oxygens (including phenoxy) is 1. The Morgan fingerprint density at radius 1 is 0.944 bits per heavy atom. The molecule has 1 aliphatic rings. The highest BCUT2D eigenvalue weighted by atomic mass is 16.5. The molecule has 1 heterocycles. The molecule has 0 amide bonds. The van der Waals surface area contributed by atoms with Gasteiger partial charge in [0, 0.05) is 6.42 Å². The smallest absolute Gasteiger partial charge is 0.187 e. The van der Waals surface area contributed by atoms with Crippen molar-refractivity contribution in [2.24, 2.45) is 4.99 Å². The van der Waals surface area contributed by atoms with Crippen LogP contribution in [-0.2, 0) is 11.2 Å². The number of aliphatic imine (C=N–C) groups is 1. The van der Waals surface area contributed by atoms with Crippen molar-refractivity contribution in [3.05, 3.63) is 60.2 Å². The second-order valence-corrected chi connectivity index (χ2v) is 4.37. The van der Waals surface area contributed by atoms with E-state index in [1.54, 1.807) is 0 Å². The van der Waals surface area contributed by atoms with Gasteiger partial charge in [0.05, 0.1) is 6.54 Å². The maximum Gasteiger partial charge on any atom is 0.187 e. The molecule has 0 aliphatic carbocycles. The average molecular weight is 237 g/mol. The van der Waals surface area contributed by atoms with Crippen LogP contribution in [0.15, 0.2) is 59.6 Å². The summed E-state index contributed by atoms with van der Waals surface area (Å²) in [5.74, 6) is 0.861. The van der Waals surface area contributed by atoms with Gasteiger partial charge in [0.15, 0.2) is 5.90 Å². The molecule has 0 unspecified atom stereocenters. The summed E-state index contributed by atoms with van der Waals surface area (Å²) in [5.41, 5.74) is 3.73. The lowest BCUT2D eigenvalue weighted by Crippen LogP contribution is -2.03. The minimum absolute atomic E-state index is 0.730. The number of benzene rings is 2. The van der Waals surface area contributed by atoms with E-state index in [1.807, 2.05) is 6.07 Å². The van der Waals surface area contributed by atoms with Crippen molar-refractivity contribution in [1.29, 1.82) is 0 Å². The second-order valence-electron chi connectivity index (χ2n) is 4.37. The van der Waals surface area contributed by atoms with Gasteiger partial charge in [0.2, 0.25) is 0 Å². The summed E-state index contributed by atoms with van der Waals surface area (Å²) in [6.45, 7) is 1.53. The zero-order valence-electron chi connectivity index (χ0n) is 10.2. The van der Waals surface area contributed by atoms with Crippen molar-refractivity contribution in [2.45, 2.75) is 6.42 Å². The third-order valence-corrected chi connectivity index (χ3v) is 3.04. The standard InChI is InChI=1S/C16H15NO/c1-2-6-14(7-3-1)15-8-4-5-13(11-15)12-16-17-9-10-18-16/h1-8,11H,9-10,12H2. The van der Waals surface area contributed by atoms with Crippen LogP contribution in [0, 0.1) is 0 Å². The van der Waals surface area contributed by atoms with E-state index < -0.39 is 0 Å². The third kappa shape index (κ3) is 2.43. The molecular weight excluding hydrogens is 222 g/mol. The fraction of sp³-hybridized carbons (Fsp3) is 0.188. The summed E-state index contributed by atoms with van der Waals surface area (Å²) >= 11 is 0. The zero-order valence-corrected chi connectivity index (χ0v) is 10.2. The summed E-state index contributed by atoms with van der Waals surface area (Å²) in [4.78, 5) is 4.33. The van der Waals surface area contributed by atoms with Crippen molar-refractivity contribution >= 4 is 5.90 Å². The van der Waals surface area contributed by atoms with Gasteiger partial charge in [-0.1, -0.05) is 54.6 Å². The Hall–Kier alpha value is -2.09. The van der Waals surface area contributed by atoms with E-state index in [1.165, 1.54) is 16.7 Å². The maximum atomic E-state index is 5.45. The first-order chi connectivity index (χ1) is 8.92. The zero-order chi connectivity index (χ0) is 12.2. The van der Waals surface area contributed by atoms with Gasteiger partial charge in [0.25, 0.3) is 0 Å². The van der Waals surface area contributed by atoms with E-state index in [9.17, 15) is 0 Å². The minimum atomic E-state index is 0.730. The van der Waals surface area contributed by atoms with Crippen LogP contribution in [0.1, 0.15) is 5.56 Å². The number of hydrogen-bond donors (Lipinski definition) is 0. The molecule has 2 aromatic carbocycles. The molecule has 0 N–H and O–H groups in total. The quantitative estimate of drug-likeness (QED) is 0.802. The maximum absolute atomic E-state index is 5.45. The summed E-state index contributed by atoms with van der Waals surface area (Å²) in [6.07, 6.45) is 0.792. The Balaban J connectivity index is 1.85. The van der Waals surface area contributed by atoms with E-state index in [0.29, 0.717) is 0 Å². The highest BCUT2D eigenvalue weighted by Crippen LogP contribution is 2.20. The predicted octanol–water partition coefficient (Wildman–Crippen LogP) is 3.32. The Morgan fingerprint density at radius 2 is 1.78 bits per heavy atom. The Morgan fingerprint density at radius 3 is 2.56 bits per heavy atom. The molecule has 0 saturated heterocycles. The largest absolute Gasteiger partial charge is 0.479 e. The van der Waals surface area contributed by atoms with E-state index in [2.05, 4.69) is 53.5 Å². The van der Waals surface area contributed by atoms with Crippen LogP contribution in [0.5, 0.6) is 0 Å². The molecule has 0 fully saturated rings. The van der Waals surface area contributed by atoms with E-state index >= 15 is 0 Å². The molecule has 2 nitrogen and oxygen atoms in total. The van der Waals surface area contributed by atoms with E-state index in [0.717, 1.165) is 25.5 Å². The molecule has 2 heteroatoms. The SMILES string of the molecule is c1ccc(-c2cccc(CC3=NCCO3)c2)cc1. The summed E-state index contributed by atoms with van der Waals surface area (Å²) in [6, 6.07) is 19.0. The van der Waals surface area contributed by atoms with Gasteiger partial charge in [-0.2, -0.15) is 0 Å². The van der Waals surface area contributed by atoms with Gasteiger partial charge < -0.3 is 4.74 Å². The highest BCUT2D eigenvalue weighted by Gasteiger charge is 2.08. The van der Waals surface area contributed by atoms with Crippen LogP contribution in [0.25, 0.3) is 11.1 Å². The van der Waals surface area contributed by atoms with Crippen molar-refractivity contribution in [2.75, 3.05) is 13.2 Å². The molecule has 90 valence electrons. The second kappa shape index (κ2) is 5.05. The normalized spacial score (nSPS) is 14.1. The monoisotopic (exact) mass is 237 g/mol. The number of hydrogen-bond acceptors (Lipinski definition) is 2. The molecule has 0 saturated carbocycles. The molecule has 0 radical (unpaired) electrons. The molecule has 18 heavy (non-hydrogen) atoms. The minimum Gasteiger partial charge on any atom is -0.479 e. The van der Waals surface area contributed by atoms with Crippen molar-refractivity contribution < 1.29 is 4.74 Å². The molecule has 2 aromatic rings. The first kappa shape index (κ1) is 11.0. The average Bonchev–Trinajstić information content (AvgIpc) is 2.93. The van der Waals surface area contributed by atoms with Crippen molar-refractivity contribution in [3.63, 3.8) is 0 Å². The molecule has 0 atom stereocenters. The summed E-state index contributed by atoms with van der Waals surface area (Å²) in [5, 5.41) is 0. The Bertz CT molecular complexity index is 560. The molecule has 3 rings (SSSR count). The summed E-state index contributed by atoms with van der Waals surface area (Å²) < 4.78 is 5.45. The molecule has 1 aliphatic heterocycles. The Kier molecular flexibility index (Phi) is 3.09. The first-order valence-electron chi connectivity index (χ1n) is 6.22. The fourth-order valence-corrected chi connectivity index (χ4v) is 2.15. The van der Waals surface area contributed by atoms with Crippen LogP contribution >= 0.6 is 0 Å². The van der Waals surface area contributed by atoms with E-state index in [-0.39, 0.29) is 0 Å². The van der Waals surface area contributed by atoms with Gasteiger partial charge in [-0.05, 0) is 16.7 Å². The van der Waals surface area contributed by atoms with Gasteiger partial charge in [0.1, 0.15) is 6.61 Å². The fourth-order valence-electron chi connectivity index (χ4n) is 2.15. The third-order valence-electron chi connectivity index (χ3n) is 3.04. The highest BCUT2D eigenvalue weighted by molar-refractivity contribution is 5.80. The lowest BCUT2D eigenvalue weighted by Gasteiger charge is -2.05. The van der Waals surface area contributed by atoms with Crippen molar-refractivity contribution in [3.8, 4) is 11.1 Å². The topological polar surface area (TPSA) is 21.6 Å². The molecule has 0 spiro atoms. The van der Waals surface area contributed by atoms with E-state index in [4.69, 9.17) is 4.74 Å². The molecule has 0 bridgehead atoms. The van der Waals surface area contributed by atoms with Gasteiger partial charge in [-0.3, -0.25) is 4.99 Å². The van der Waals surface area contributed by atoms with Gasteiger partial charge in [-0.15, -0.1) is 0 Å². The number of rotatable bonds is 3. The molecule has 0 aromatic heterocycles.